The zero-order valence-corrected chi connectivity index (χ0v) is 15.8. The number of benzene rings is 2. The Bertz CT molecular complexity index is 833. The second kappa shape index (κ2) is 9.90. The molecule has 1 heterocycles. The number of hydrogen-bond donors (Lipinski definition) is 2. The van der Waals surface area contributed by atoms with Gasteiger partial charge in [0.25, 0.3) is 0 Å². The number of hydrogen-bond acceptors (Lipinski definition) is 5. The quantitative estimate of drug-likeness (QED) is 0.388. The zero-order chi connectivity index (χ0) is 19.8. The maximum absolute atomic E-state index is 12.8. The first kappa shape index (κ1) is 19.9. The van der Waals surface area contributed by atoms with Crippen LogP contribution < -0.4 is 15.0 Å². The van der Waals surface area contributed by atoms with Crippen molar-refractivity contribution in [3.63, 3.8) is 0 Å². The van der Waals surface area contributed by atoms with E-state index in [1.165, 1.54) is 0 Å². The highest BCUT2D eigenvalue weighted by atomic mass is 16.5. The van der Waals surface area contributed by atoms with E-state index in [4.69, 9.17) is 14.7 Å². The molecule has 0 saturated carbocycles. The third kappa shape index (κ3) is 5.10. The minimum Gasteiger partial charge on any atom is -0.494 e. The first-order chi connectivity index (χ1) is 13.7. The zero-order valence-electron chi connectivity index (χ0n) is 15.8. The van der Waals surface area contributed by atoms with E-state index in [1.807, 2.05) is 30.3 Å². The highest BCUT2D eigenvalue weighted by molar-refractivity contribution is 6.12. The molecule has 2 aromatic carbocycles. The number of rotatable bonds is 9. The van der Waals surface area contributed by atoms with Gasteiger partial charge in [0.05, 0.1) is 12.2 Å². The molecule has 0 aromatic heterocycles. The Kier molecular flexibility index (Phi) is 7.03. The van der Waals surface area contributed by atoms with Crippen LogP contribution in [0.5, 0.6) is 11.5 Å². The van der Waals surface area contributed by atoms with Gasteiger partial charge >= 0.3 is 0 Å². The summed E-state index contributed by atoms with van der Waals surface area (Å²) in [5.74, 6) is 0.864. The van der Waals surface area contributed by atoms with Crippen molar-refractivity contribution >= 4 is 11.7 Å². The summed E-state index contributed by atoms with van der Waals surface area (Å²) in [6.45, 7) is 0.955. The van der Waals surface area contributed by atoms with E-state index in [2.05, 4.69) is 0 Å². The number of carbonyl (C=O) groups excluding carboxylic acids is 2. The summed E-state index contributed by atoms with van der Waals surface area (Å²) in [7, 11) is 0. The third-order valence-corrected chi connectivity index (χ3v) is 4.78. The van der Waals surface area contributed by atoms with Crippen molar-refractivity contribution in [2.75, 3.05) is 6.61 Å². The fourth-order valence-electron chi connectivity index (χ4n) is 3.23. The molecule has 0 aliphatic carbocycles. The Hall–Kier alpha value is -2.86. The molecule has 0 atom stereocenters. The van der Waals surface area contributed by atoms with Crippen molar-refractivity contribution in [1.29, 1.82) is 0 Å². The average molecular weight is 383 g/mol. The van der Waals surface area contributed by atoms with E-state index in [1.54, 1.807) is 17.6 Å². The van der Waals surface area contributed by atoms with Gasteiger partial charge in [-0.2, -0.15) is 0 Å². The standard InChI is InChI=1S/C22H25NO5/c24-21(23-26)10-4-2-1-3-7-13-27-17-11-12-20-19(14-17)22(25)18-9-6-5-8-16(18)15-28-20/h5-6,8-9,11-12,14,26H,1-4,7,10,13,15H2,(H,23,24). The van der Waals surface area contributed by atoms with E-state index >= 15 is 0 Å². The van der Waals surface area contributed by atoms with Gasteiger partial charge in [-0.25, -0.2) is 5.48 Å². The lowest BCUT2D eigenvalue weighted by molar-refractivity contribution is -0.129. The van der Waals surface area contributed by atoms with Crippen molar-refractivity contribution in [2.45, 2.75) is 45.1 Å². The monoisotopic (exact) mass is 383 g/mol. The highest BCUT2D eigenvalue weighted by Gasteiger charge is 2.22. The third-order valence-electron chi connectivity index (χ3n) is 4.78. The summed E-state index contributed by atoms with van der Waals surface area (Å²) in [4.78, 5) is 23.8. The molecule has 148 valence electrons. The van der Waals surface area contributed by atoms with Crippen LogP contribution in [0.15, 0.2) is 42.5 Å². The van der Waals surface area contributed by atoms with Crippen LogP contribution in [-0.2, 0) is 11.4 Å². The maximum atomic E-state index is 12.8. The maximum Gasteiger partial charge on any atom is 0.243 e. The second-order valence-corrected chi connectivity index (χ2v) is 6.83. The number of carbonyl (C=O) groups is 2. The lowest BCUT2D eigenvalue weighted by Gasteiger charge is -2.10. The van der Waals surface area contributed by atoms with Crippen LogP contribution in [0.1, 0.15) is 60.0 Å². The first-order valence-corrected chi connectivity index (χ1v) is 9.64. The lowest BCUT2D eigenvalue weighted by Crippen LogP contribution is -2.17. The molecule has 28 heavy (non-hydrogen) atoms. The fraction of sp³-hybridized carbons (Fsp3) is 0.364. The van der Waals surface area contributed by atoms with Crippen LogP contribution in [0.4, 0.5) is 0 Å². The normalized spacial score (nSPS) is 12.4. The fourth-order valence-corrected chi connectivity index (χ4v) is 3.23. The summed E-state index contributed by atoms with van der Waals surface area (Å²) in [5, 5.41) is 8.43. The number of hydroxylamine groups is 1. The second-order valence-electron chi connectivity index (χ2n) is 6.83. The van der Waals surface area contributed by atoms with E-state index in [0.717, 1.165) is 37.7 Å². The Morgan fingerprint density at radius 2 is 1.82 bits per heavy atom. The molecule has 0 bridgehead atoms. The van der Waals surface area contributed by atoms with Crippen molar-refractivity contribution < 1.29 is 24.3 Å². The van der Waals surface area contributed by atoms with Gasteiger partial charge < -0.3 is 9.47 Å². The minimum atomic E-state index is -0.340. The van der Waals surface area contributed by atoms with Crippen molar-refractivity contribution in [3.05, 3.63) is 59.2 Å². The summed E-state index contributed by atoms with van der Waals surface area (Å²) < 4.78 is 11.6. The number of nitrogens with one attached hydrogen (secondary N) is 1. The summed E-state index contributed by atoms with van der Waals surface area (Å²) in [5.41, 5.74) is 3.73. The molecule has 1 aliphatic heterocycles. The smallest absolute Gasteiger partial charge is 0.243 e. The minimum absolute atomic E-state index is 0.0412. The van der Waals surface area contributed by atoms with Crippen LogP contribution in [0.3, 0.4) is 0 Å². The van der Waals surface area contributed by atoms with Gasteiger partial charge in [0.1, 0.15) is 18.1 Å². The van der Waals surface area contributed by atoms with Gasteiger partial charge in [-0.3, -0.25) is 14.8 Å². The van der Waals surface area contributed by atoms with Gasteiger partial charge in [-0.1, -0.05) is 43.5 Å². The number of ether oxygens (including phenoxy) is 2. The van der Waals surface area contributed by atoms with Crippen LogP contribution in [0.25, 0.3) is 0 Å². The molecule has 6 nitrogen and oxygen atoms in total. The summed E-state index contributed by atoms with van der Waals surface area (Å²) >= 11 is 0. The Morgan fingerprint density at radius 1 is 1.04 bits per heavy atom. The largest absolute Gasteiger partial charge is 0.494 e. The van der Waals surface area contributed by atoms with Crippen LogP contribution in [0, 0.1) is 0 Å². The summed E-state index contributed by atoms with van der Waals surface area (Å²) in [6.07, 6.45) is 4.97. The molecule has 6 heteroatoms. The van der Waals surface area contributed by atoms with Crippen molar-refractivity contribution in [1.82, 2.24) is 5.48 Å². The predicted molar refractivity (Wildman–Crippen MR) is 104 cm³/mol. The van der Waals surface area contributed by atoms with Gasteiger partial charge in [0.15, 0.2) is 5.78 Å². The molecule has 3 rings (SSSR count). The molecule has 0 saturated heterocycles. The Morgan fingerprint density at radius 3 is 2.68 bits per heavy atom. The van der Waals surface area contributed by atoms with E-state index in [0.29, 0.717) is 42.3 Å². The number of fused-ring (bicyclic) bond motifs is 2. The topological polar surface area (TPSA) is 84.9 Å². The molecular weight excluding hydrogens is 358 g/mol. The molecule has 2 N–H and O–H groups in total. The molecule has 1 amide bonds. The molecular formula is C22H25NO5. The number of ketones is 1. The van der Waals surface area contributed by atoms with Crippen LogP contribution >= 0.6 is 0 Å². The molecule has 0 unspecified atom stereocenters. The molecule has 2 aromatic rings. The van der Waals surface area contributed by atoms with E-state index < -0.39 is 0 Å². The van der Waals surface area contributed by atoms with Gasteiger partial charge in [0.2, 0.25) is 5.91 Å². The van der Waals surface area contributed by atoms with Gasteiger partial charge in [-0.15, -0.1) is 0 Å². The predicted octanol–water partition coefficient (Wildman–Crippen LogP) is 4.03. The molecule has 0 spiro atoms. The van der Waals surface area contributed by atoms with Gasteiger partial charge in [-0.05, 0) is 31.0 Å². The van der Waals surface area contributed by atoms with E-state index in [-0.39, 0.29) is 11.7 Å². The van der Waals surface area contributed by atoms with E-state index in [9.17, 15) is 9.59 Å². The highest BCUT2D eigenvalue weighted by Crippen LogP contribution is 2.31. The Balaban J connectivity index is 1.47. The Labute approximate surface area is 164 Å². The number of unbranched alkanes of at least 4 members (excludes halogenated alkanes) is 4. The van der Waals surface area contributed by atoms with Crippen molar-refractivity contribution in [3.8, 4) is 11.5 Å². The molecule has 0 fully saturated rings. The molecule has 0 radical (unpaired) electrons. The van der Waals surface area contributed by atoms with Crippen LogP contribution in [-0.4, -0.2) is 23.5 Å². The van der Waals surface area contributed by atoms with Gasteiger partial charge in [0, 0.05) is 17.5 Å². The number of amides is 1. The SMILES string of the molecule is O=C(CCCCCCCOc1ccc2c(c1)C(=O)c1ccccc1CO2)NO. The lowest BCUT2D eigenvalue weighted by atomic mass is 9.99. The summed E-state index contributed by atoms with van der Waals surface area (Å²) in [6, 6.07) is 12.9. The molecule has 1 aliphatic rings. The van der Waals surface area contributed by atoms with Crippen molar-refractivity contribution in [2.24, 2.45) is 0 Å². The average Bonchev–Trinajstić information content (AvgIpc) is 2.87. The van der Waals surface area contributed by atoms with Crippen LogP contribution in [0.2, 0.25) is 0 Å². The first-order valence-electron chi connectivity index (χ1n) is 9.64.